The summed E-state index contributed by atoms with van der Waals surface area (Å²) in [5.41, 5.74) is -1.32. The first-order valence-electron chi connectivity index (χ1n) is 10.3. The summed E-state index contributed by atoms with van der Waals surface area (Å²) in [6.07, 6.45) is 2.39. The van der Waals surface area contributed by atoms with Gasteiger partial charge in [-0.05, 0) is 58.3 Å². The van der Waals surface area contributed by atoms with Crippen LogP contribution in [0.5, 0.6) is 0 Å². The number of rotatable bonds is 7. The molecule has 3 rings (SSSR count). The maximum absolute atomic E-state index is 13.2. The lowest BCUT2D eigenvalue weighted by Crippen LogP contribution is -2.36. The fourth-order valence-corrected chi connectivity index (χ4v) is 5.12. The van der Waals surface area contributed by atoms with E-state index >= 15 is 0 Å². The molecule has 190 valence electrons. The Labute approximate surface area is 211 Å². The number of nitrogens with one attached hydrogen (secondary N) is 1. The van der Waals surface area contributed by atoms with Crippen LogP contribution in [-0.4, -0.2) is 59.6 Å². The van der Waals surface area contributed by atoms with E-state index in [0.717, 1.165) is 34.1 Å². The molecule has 0 aliphatic heterocycles. The normalized spacial score (nSPS) is 12.9. The van der Waals surface area contributed by atoms with Crippen molar-refractivity contribution in [3.05, 3.63) is 75.8 Å². The lowest BCUT2D eigenvalue weighted by atomic mass is 10.1. The third kappa shape index (κ3) is 8.77. The summed E-state index contributed by atoms with van der Waals surface area (Å²) in [5, 5.41) is 13.0. The van der Waals surface area contributed by atoms with Gasteiger partial charge in [0.2, 0.25) is 5.91 Å². The molecular formula is C23H27ClF2N2O5PS+. The molecule has 35 heavy (non-hydrogen) atoms. The largest absolute Gasteiger partial charge is 0.391 e. The number of hydrogen-bond donors (Lipinski definition) is 4. The molecule has 0 aliphatic rings. The third-order valence-electron chi connectivity index (χ3n) is 4.66. The van der Waals surface area contributed by atoms with Crippen LogP contribution in [0.15, 0.2) is 48.0 Å². The Morgan fingerprint density at radius 3 is 2.40 bits per heavy atom. The Balaban J connectivity index is 0.000000540. The van der Waals surface area contributed by atoms with Crippen LogP contribution in [0, 0.1) is 11.6 Å². The molecule has 0 fully saturated rings. The molecule has 0 saturated heterocycles. The van der Waals surface area contributed by atoms with Crippen LogP contribution in [0.25, 0.3) is 16.2 Å². The Hall–Kier alpha value is -2.17. The number of fused-ring (bicyclic) bond motifs is 1. The van der Waals surface area contributed by atoms with Crippen molar-refractivity contribution in [2.45, 2.75) is 5.66 Å². The van der Waals surface area contributed by atoms with Gasteiger partial charge in [0, 0.05) is 15.9 Å². The van der Waals surface area contributed by atoms with Gasteiger partial charge >= 0.3 is 7.60 Å². The Bertz CT molecular complexity index is 1260. The van der Waals surface area contributed by atoms with Gasteiger partial charge in [-0.15, -0.1) is 11.3 Å². The van der Waals surface area contributed by atoms with E-state index in [2.05, 4.69) is 26.5 Å². The highest BCUT2D eigenvalue weighted by Crippen LogP contribution is 2.54. The van der Waals surface area contributed by atoms with Gasteiger partial charge in [0.25, 0.3) is 0 Å². The fourth-order valence-electron chi connectivity index (χ4n) is 2.92. The van der Waals surface area contributed by atoms with Crippen molar-refractivity contribution >= 4 is 52.6 Å². The second kappa shape index (κ2) is 12.2. The van der Waals surface area contributed by atoms with E-state index in [0.29, 0.717) is 10.4 Å². The topological polar surface area (TPSA) is 107 Å². The summed E-state index contributed by atoms with van der Waals surface area (Å²) in [4.78, 5) is 32.0. The van der Waals surface area contributed by atoms with Crippen molar-refractivity contribution in [1.29, 1.82) is 0 Å². The minimum atomic E-state index is -4.86. The smallest absolute Gasteiger partial charge is 0.342 e. The molecule has 0 spiro atoms. The van der Waals surface area contributed by atoms with Gasteiger partial charge in [0.05, 0.1) is 27.7 Å². The zero-order chi connectivity index (χ0) is 26.4. The molecule has 1 unspecified atom stereocenters. The number of hydrogen-bond acceptors (Lipinski definition) is 4. The number of amides is 1. The number of aliphatic hydroxyl groups is 1. The molecule has 0 aliphatic carbocycles. The minimum absolute atomic E-state index is 0.162. The summed E-state index contributed by atoms with van der Waals surface area (Å²) in [6.45, 7) is 1.11. The Morgan fingerprint density at radius 1 is 1.17 bits per heavy atom. The highest BCUT2D eigenvalue weighted by Gasteiger charge is 2.38. The Kier molecular flexibility index (Phi) is 10.1. The number of nitrogens with zero attached hydrogens (tertiary/aromatic N) is 1. The number of carbonyl (C=O) groups excluding carboxylic acids is 1. The first-order valence-corrected chi connectivity index (χ1v) is 13.2. The van der Waals surface area contributed by atoms with Crippen LogP contribution in [0.4, 0.5) is 8.78 Å². The Morgan fingerprint density at radius 2 is 1.86 bits per heavy atom. The van der Waals surface area contributed by atoms with Crippen LogP contribution >= 0.6 is 30.5 Å². The number of likely N-dealkylation sites (N-methyl/N-ethyl adjacent to an activating group) is 1. The summed E-state index contributed by atoms with van der Waals surface area (Å²) in [7, 11) is 1.30. The summed E-state index contributed by atoms with van der Waals surface area (Å²) in [6, 6.07) is 8.01. The molecule has 0 bridgehead atoms. The number of thiophene rings is 1. The number of halogens is 3. The van der Waals surface area contributed by atoms with Crippen molar-refractivity contribution in [2.75, 3.05) is 34.3 Å². The first-order chi connectivity index (χ1) is 16.2. The van der Waals surface area contributed by atoms with Crippen LogP contribution in [0.3, 0.4) is 0 Å². The standard InChI is InChI=1S/C18H13ClF2NO4PS.C5H14NO/c19-11-2-4-16-12(8-11)13(9-28-16)17(27(24,25)26)18(23)22-6-5-10-1-3-14(20)15(21)7-10;1-6(2,3)4-5-7/h1-9,17H,(H,22,23)(H2,24,25,26);7H,4-5H2,1-3H3/q;+1. The van der Waals surface area contributed by atoms with E-state index in [4.69, 9.17) is 16.7 Å². The molecule has 0 radical (unpaired) electrons. The van der Waals surface area contributed by atoms with Crippen LogP contribution in [-0.2, 0) is 9.36 Å². The van der Waals surface area contributed by atoms with Crippen LogP contribution < -0.4 is 5.32 Å². The van der Waals surface area contributed by atoms with Gasteiger partial charge in [0.1, 0.15) is 6.54 Å². The monoisotopic (exact) mass is 547 g/mol. The summed E-state index contributed by atoms with van der Waals surface area (Å²) < 4.78 is 39.7. The van der Waals surface area contributed by atoms with E-state index < -0.39 is 30.8 Å². The highest BCUT2D eigenvalue weighted by atomic mass is 35.5. The van der Waals surface area contributed by atoms with Gasteiger partial charge in [-0.2, -0.15) is 0 Å². The van der Waals surface area contributed by atoms with Gasteiger partial charge in [-0.1, -0.05) is 17.7 Å². The average Bonchev–Trinajstić information content (AvgIpc) is 3.12. The zero-order valence-electron chi connectivity index (χ0n) is 19.3. The second-order valence-electron chi connectivity index (χ2n) is 8.58. The molecule has 0 saturated carbocycles. The number of aliphatic hydroxyl groups excluding tert-OH is 1. The molecule has 3 aromatic rings. The number of benzene rings is 2. The zero-order valence-corrected chi connectivity index (χ0v) is 21.7. The summed E-state index contributed by atoms with van der Waals surface area (Å²) >= 11 is 7.19. The van der Waals surface area contributed by atoms with Crippen molar-refractivity contribution in [3.63, 3.8) is 0 Å². The van der Waals surface area contributed by atoms with Crippen molar-refractivity contribution in [1.82, 2.24) is 5.32 Å². The van der Waals surface area contributed by atoms with E-state index in [9.17, 15) is 27.9 Å². The molecule has 1 amide bonds. The minimum Gasteiger partial charge on any atom is -0.391 e. The maximum atomic E-state index is 13.2. The summed E-state index contributed by atoms with van der Waals surface area (Å²) in [5.74, 6) is -3.00. The molecular weight excluding hydrogens is 521 g/mol. The molecule has 4 N–H and O–H groups in total. The first kappa shape index (κ1) is 29.1. The molecule has 1 atom stereocenters. The third-order valence-corrected chi connectivity index (χ3v) is 7.06. The predicted octanol–water partition coefficient (Wildman–Crippen LogP) is 4.52. The molecule has 2 aromatic carbocycles. The van der Waals surface area contributed by atoms with E-state index in [-0.39, 0.29) is 17.7 Å². The van der Waals surface area contributed by atoms with Crippen molar-refractivity contribution in [2.24, 2.45) is 0 Å². The lowest BCUT2D eigenvalue weighted by Gasteiger charge is -2.21. The number of carbonyl (C=O) groups is 1. The van der Waals surface area contributed by atoms with Gasteiger partial charge in [-0.3, -0.25) is 9.36 Å². The van der Waals surface area contributed by atoms with Crippen molar-refractivity contribution in [3.8, 4) is 0 Å². The van der Waals surface area contributed by atoms with Crippen LogP contribution in [0.2, 0.25) is 5.02 Å². The van der Waals surface area contributed by atoms with Gasteiger partial charge < -0.3 is 24.7 Å². The molecule has 7 nitrogen and oxygen atoms in total. The second-order valence-corrected chi connectivity index (χ2v) is 11.6. The van der Waals surface area contributed by atoms with E-state index in [1.807, 2.05) is 0 Å². The quantitative estimate of drug-likeness (QED) is 0.257. The SMILES string of the molecule is C[N+](C)(C)CCO.O=C(NC=Cc1ccc(F)c(F)c1)C(c1csc2ccc(Cl)cc12)P(=O)(O)O. The molecule has 12 heteroatoms. The van der Waals surface area contributed by atoms with Crippen LogP contribution in [0.1, 0.15) is 16.8 Å². The van der Waals surface area contributed by atoms with Gasteiger partial charge in [0.15, 0.2) is 17.3 Å². The highest BCUT2D eigenvalue weighted by molar-refractivity contribution is 7.53. The molecule has 1 aromatic heterocycles. The lowest BCUT2D eigenvalue weighted by molar-refractivity contribution is -0.870. The van der Waals surface area contributed by atoms with E-state index in [1.165, 1.54) is 34.9 Å². The predicted molar refractivity (Wildman–Crippen MR) is 135 cm³/mol. The number of quaternary nitrogens is 1. The molecule has 1 heterocycles. The average molecular weight is 548 g/mol. The fraction of sp³-hybridized carbons (Fsp3) is 0.261. The maximum Gasteiger partial charge on any atom is 0.342 e. The van der Waals surface area contributed by atoms with E-state index in [1.54, 1.807) is 12.1 Å². The van der Waals surface area contributed by atoms with Crippen molar-refractivity contribution < 1.29 is 37.5 Å². The van der Waals surface area contributed by atoms with Gasteiger partial charge in [-0.25, -0.2) is 8.78 Å².